The van der Waals surface area contributed by atoms with Gasteiger partial charge in [0.25, 0.3) is 0 Å². The predicted molar refractivity (Wildman–Crippen MR) is 103 cm³/mol. The van der Waals surface area contributed by atoms with Crippen LogP contribution in [0.2, 0.25) is 10.0 Å². The Balaban J connectivity index is 1.57. The highest BCUT2D eigenvalue weighted by molar-refractivity contribution is 6.35. The van der Waals surface area contributed by atoms with Crippen molar-refractivity contribution in [3.63, 3.8) is 0 Å². The second-order valence-electron chi connectivity index (χ2n) is 6.05. The van der Waals surface area contributed by atoms with Crippen LogP contribution in [0.3, 0.4) is 0 Å². The number of halogens is 2. The number of carbonyl (C=O) groups is 1. The normalized spacial score (nSPS) is 12.3. The van der Waals surface area contributed by atoms with Gasteiger partial charge in [-0.1, -0.05) is 41.4 Å². The van der Waals surface area contributed by atoms with Crippen LogP contribution in [-0.4, -0.2) is 10.5 Å². The molecule has 1 amide bonds. The standard InChI is InChI=1S/C19H18Cl2N2O3/c1-12(14-9-8-13(20)11-15(14)21)22-18(24)7-4-10-23-16-5-2-3-6-17(16)26-19(23)25/h2-3,5-6,8-9,11-12H,4,7,10H2,1H3,(H,22,24)/t12-/m0/s1. The average Bonchev–Trinajstić information content (AvgIpc) is 2.90. The lowest BCUT2D eigenvalue weighted by atomic mass is 10.1. The maximum absolute atomic E-state index is 12.2. The number of rotatable bonds is 6. The van der Waals surface area contributed by atoms with Gasteiger partial charge in [0.1, 0.15) is 0 Å². The first-order valence-corrected chi connectivity index (χ1v) is 9.04. The molecule has 5 nitrogen and oxygen atoms in total. The van der Waals surface area contributed by atoms with Gasteiger partial charge in [0.15, 0.2) is 5.58 Å². The third kappa shape index (κ3) is 4.11. The Morgan fingerprint density at radius 1 is 1.23 bits per heavy atom. The summed E-state index contributed by atoms with van der Waals surface area (Å²) < 4.78 is 6.73. The zero-order chi connectivity index (χ0) is 18.7. The van der Waals surface area contributed by atoms with E-state index in [0.717, 1.165) is 11.1 Å². The Morgan fingerprint density at radius 3 is 2.77 bits per heavy atom. The molecule has 1 heterocycles. The molecule has 0 aliphatic rings. The van der Waals surface area contributed by atoms with Crippen LogP contribution < -0.4 is 11.1 Å². The van der Waals surface area contributed by atoms with Crippen LogP contribution in [0.5, 0.6) is 0 Å². The number of fused-ring (bicyclic) bond motifs is 1. The van der Waals surface area contributed by atoms with Gasteiger partial charge >= 0.3 is 5.76 Å². The van der Waals surface area contributed by atoms with E-state index in [1.54, 1.807) is 28.8 Å². The van der Waals surface area contributed by atoms with E-state index < -0.39 is 5.76 Å². The summed E-state index contributed by atoms with van der Waals surface area (Å²) >= 11 is 12.1. The number of carbonyl (C=O) groups excluding carboxylic acids is 1. The largest absolute Gasteiger partial charge is 0.419 e. The van der Waals surface area contributed by atoms with Gasteiger partial charge in [-0.05, 0) is 43.2 Å². The predicted octanol–water partition coefficient (Wildman–Crippen LogP) is 4.56. The fourth-order valence-corrected chi connectivity index (χ4v) is 3.44. The fraction of sp³-hybridized carbons (Fsp3) is 0.263. The van der Waals surface area contributed by atoms with Crippen LogP contribution in [0.15, 0.2) is 51.7 Å². The summed E-state index contributed by atoms with van der Waals surface area (Å²) in [5, 5.41) is 3.98. The summed E-state index contributed by atoms with van der Waals surface area (Å²) in [7, 11) is 0. The summed E-state index contributed by atoms with van der Waals surface area (Å²) in [4.78, 5) is 24.1. The number of nitrogens with zero attached hydrogens (tertiary/aromatic N) is 1. The highest BCUT2D eigenvalue weighted by Gasteiger charge is 2.14. The summed E-state index contributed by atoms with van der Waals surface area (Å²) in [5.41, 5.74) is 2.09. The molecule has 0 bridgehead atoms. The van der Waals surface area contributed by atoms with Gasteiger partial charge in [0.05, 0.1) is 11.6 Å². The molecule has 1 atom stereocenters. The monoisotopic (exact) mass is 392 g/mol. The zero-order valence-electron chi connectivity index (χ0n) is 14.2. The van der Waals surface area contributed by atoms with E-state index in [2.05, 4.69) is 5.32 Å². The van der Waals surface area contributed by atoms with Crippen molar-refractivity contribution in [2.75, 3.05) is 0 Å². The summed E-state index contributed by atoms with van der Waals surface area (Å²) in [6.07, 6.45) is 0.817. The SMILES string of the molecule is C[C@H](NC(=O)CCCn1c(=O)oc2ccccc21)c1ccc(Cl)cc1Cl. The topological polar surface area (TPSA) is 64.2 Å². The van der Waals surface area contributed by atoms with Crippen LogP contribution in [0.4, 0.5) is 0 Å². The second kappa shape index (κ2) is 7.98. The number of oxazole rings is 1. The molecule has 136 valence electrons. The molecule has 3 aromatic rings. The minimum atomic E-state index is -0.409. The van der Waals surface area contributed by atoms with Crippen molar-refractivity contribution in [1.29, 1.82) is 0 Å². The zero-order valence-corrected chi connectivity index (χ0v) is 15.7. The van der Waals surface area contributed by atoms with Crippen LogP contribution in [0.1, 0.15) is 31.4 Å². The molecule has 3 rings (SSSR count). The number of para-hydroxylation sites is 2. The van der Waals surface area contributed by atoms with E-state index in [9.17, 15) is 9.59 Å². The van der Waals surface area contributed by atoms with Crippen LogP contribution in [0.25, 0.3) is 11.1 Å². The molecule has 1 aromatic heterocycles. The summed E-state index contributed by atoms with van der Waals surface area (Å²) in [5.74, 6) is -0.516. The summed E-state index contributed by atoms with van der Waals surface area (Å²) in [6.45, 7) is 2.28. The minimum Gasteiger partial charge on any atom is -0.408 e. The number of hydrogen-bond acceptors (Lipinski definition) is 3. The molecular weight excluding hydrogens is 375 g/mol. The van der Waals surface area contributed by atoms with Crippen molar-refractivity contribution in [3.05, 3.63) is 68.6 Å². The lowest BCUT2D eigenvalue weighted by Crippen LogP contribution is -2.27. The molecule has 0 aliphatic heterocycles. The lowest BCUT2D eigenvalue weighted by molar-refractivity contribution is -0.121. The number of aromatic nitrogens is 1. The number of benzene rings is 2. The van der Waals surface area contributed by atoms with Crippen molar-refractivity contribution in [1.82, 2.24) is 9.88 Å². The lowest BCUT2D eigenvalue weighted by Gasteiger charge is -2.16. The molecule has 7 heteroatoms. The van der Waals surface area contributed by atoms with Gasteiger partial charge in [0, 0.05) is 23.0 Å². The number of amides is 1. The van der Waals surface area contributed by atoms with E-state index in [0.29, 0.717) is 35.0 Å². The van der Waals surface area contributed by atoms with E-state index in [1.807, 2.05) is 25.1 Å². The quantitative estimate of drug-likeness (QED) is 0.668. The molecule has 0 saturated heterocycles. The molecule has 0 saturated carbocycles. The van der Waals surface area contributed by atoms with Crippen molar-refractivity contribution < 1.29 is 9.21 Å². The Kier molecular flexibility index (Phi) is 5.69. The minimum absolute atomic E-state index is 0.107. The highest BCUT2D eigenvalue weighted by atomic mass is 35.5. The molecule has 0 aliphatic carbocycles. The van der Waals surface area contributed by atoms with Crippen LogP contribution in [0, 0.1) is 0 Å². The molecule has 0 unspecified atom stereocenters. The van der Waals surface area contributed by atoms with Crippen molar-refractivity contribution in [2.45, 2.75) is 32.4 Å². The van der Waals surface area contributed by atoms with E-state index in [1.165, 1.54) is 0 Å². The van der Waals surface area contributed by atoms with Crippen molar-refractivity contribution >= 4 is 40.2 Å². The molecule has 1 N–H and O–H groups in total. The third-order valence-electron chi connectivity index (χ3n) is 4.17. The first kappa shape index (κ1) is 18.5. The van der Waals surface area contributed by atoms with E-state index in [4.69, 9.17) is 27.6 Å². The Hall–Kier alpha value is -2.24. The van der Waals surface area contributed by atoms with Gasteiger partial charge in [-0.25, -0.2) is 4.79 Å². The molecule has 0 spiro atoms. The third-order valence-corrected chi connectivity index (χ3v) is 4.73. The first-order chi connectivity index (χ1) is 12.5. The highest BCUT2D eigenvalue weighted by Crippen LogP contribution is 2.26. The molecular formula is C19H18Cl2N2O3. The van der Waals surface area contributed by atoms with Crippen LogP contribution in [-0.2, 0) is 11.3 Å². The molecule has 2 aromatic carbocycles. The van der Waals surface area contributed by atoms with Gasteiger partial charge in [-0.15, -0.1) is 0 Å². The van der Waals surface area contributed by atoms with Crippen molar-refractivity contribution in [3.8, 4) is 0 Å². The number of aryl methyl sites for hydroxylation is 1. The molecule has 26 heavy (non-hydrogen) atoms. The Labute approximate surface area is 160 Å². The van der Waals surface area contributed by atoms with E-state index >= 15 is 0 Å². The maximum atomic E-state index is 12.2. The van der Waals surface area contributed by atoms with Gasteiger partial charge in [-0.2, -0.15) is 0 Å². The second-order valence-corrected chi connectivity index (χ2v) is 6.89. The number of hydrogen-bond donors (Lipinski definition) is 1. The van der Waals surface area contributed by atoms with E-state index in [-0.39, 0.29) is 11.9 Å². The van der Waals surface area contributed by atoms with Crippen molar-refractivity contribution in [2.24, 2.45) is 0 Å². The van der Waals surface area contributed by atoms with Gasteiger partial charge in [0.2, 0.25) is 5.91 Å². The van der Waals surface area contributed by atoms with Gasteiger partial charge in [-0.3, -0.25) is 9.36 Å². The maximum Gasteiger partial charge on any atom is 0.419 e. The first-order valence-electron chi connectivity index (χ1n) is 8.28. The number of nitrogens with one attached hydrogen (secondary N) is 1. The summed E-state index contributed by atoms with van der Waals surface area (Å²) in [6, 6.07) is 12.2. The fourth-order valence-electron chi connectivity index (χ4n) is 2.87. The Bertz CT molecular complexity index is 994. The smallest absolute Gasteiger partial charge is 0.408 e. The van der Waals surface area contributed by atoms with Crippen LogP contribution >= 0.6 is 23.2 Å². The average molecular weight is 393 g/mol. The molecule has 0 radical (unpaired) electrons. The Morgan fingerprint density at radius 2 is 2.00 bits per heavy atom. The molecule has 0 fully saturated rings. The van der Waals surface area contributed by atoms with Gasteiger partial charge < -0.3 is 9.73 Å².